The Labute approximate surface area is 98.2 Å². The number of piperidine rings is 1. The van der Waals surface area contributed by atoms with E-state index < -0.39 is 0 Å². The SMILES string of the molecule is COCC1CC(c2ccccc2)CCN1C. The highest BCUT2D eigenvalue weighted by Crippen LogP contribution is 2.30. The standard InChI is InChI=1S/C14H21NO/c1-15-9-8-13(10-14(15)11-16-2)12-6-4-3-5-7-12/h3-7,13-14H,8-11H2,1-2H3. The minimum absolute atomic E-state index is 0.573. The summed E-state index contributed by atoms with van der Waals surface area (Å²) in [5.41, 5.74) is 1.48. The van der Waals surface area contributed by atoms with Crippen molar-refractivity contribution >= 4 is 0 Å². The molecule has 0 bridgehead atoms. The summed E-state index contributed by atoms with van der Waals surface area (Å²) in [6.45, 7) is 2.02. The van der Waals surface area contributed by atoms with Crippen LogP contribution in [0, 0.1) is 0 Å². The van der Waals surface area contributed by atoms with Gasteiger partial charge in [0.2, 0.25) is 0 Å². The molecule has 2 atom stereocenters. The molecule has 0 radical (unpaired) electrons. The molecule has 0 amide bonds. The Hall–Kier alpha value is -0.860. The number of hydrogen-bond donors (Lipinski definition) is 0. The average Bonchev–Trinajstić information content (AvgIpc) is 2.33. The lowest BCUT2D eigenvalue weighted by molar-refractivity contribution is 0.0751. The fourth-order valence-electron chi connectivity index (χ4n) is 2.58. The number of hydrogen-bond acceptors (Lipinski definition) is 2. The molecule has 1 aromatic carbocycles. The number of rotatable bonds is 3. The molecule has 1 heterocycles. The van der Waals surface area contributed by atoms with Gasteiger partial charge in [0.05, 0.1) is 6.61 Å². The molecule has 0 aliphatic carbocycles. The third kappa shape index (κ3) is 2.63. The number of likely N-dealkylation sites (tertiary alicyclic amines) is 1. The second kappa shape index (κ2) is 5.46. The van der Waals surface area contributed by atoms with Crippen molar-refractivity contribution in [3.63, 3.8) is 0 Å². The number of methoxy groups -OCH3 is 1. The summed E-state index contributed by atoms with van der Waals surface area (Å²) in [6, 6.07) is 11.4. The highest BCUT2D eigenvalue weighted by Gasteiger charge is 2.26. The van der Waals surface area contributed by atoms with E-state index >= 15 is 0 Å². The van der Waals surface area contributed by atoms with Gasteiger partial charge in [-0.15, -0.1) is 0 Å². The van der Waals surface area contributed by atoms with E-state index in [1.54, 1.807) is 7.11 Å². The van der Waals surface area contributed by atoms with Gasteiger partial charge < -0.3 is 9.64 Å². The van der Waals surface area contributed by atoms with E-state index in [4.69, 9.17) is 4.74 Å². The zero-order chi connectivity index (χ0) is 11.4. The minimum Gasteiger partial charge on any atom is -0.383 e. The van der Waals surface area contributed by atoms with Gasteiger partial charge in [-0.05, 0) is 37.9 Å². The van der Waals surface area contributed by atoms with Crippen LogP contribution in [0.15, 0.2) is 30.3 Å². The molecule has 1 aromatic rings. The van der Waals surface area contributed by atoms with Gasteiger partial charge in [0.15, 0.2) is 0 Å². The molecule has 0 spiro atoms. The Balaban J connectivity index is 2.03. The van der Waals surface area contributed by atoms with Crippen molar-refractivity contribution in [2.24, 2.45) is 0 Å². The Bertz CT molecular complexity index is 312. The van der Waals surface area contributed by atoms with E-state index in [0.29, 0.717) is 12.0 Å². The number of ether oxygens (including phenoxy) is 1. The fourth-order valence-corrected chi connectivity index (χ4v) is 2.58. The van der Waals surface area contributed by atoms with Crippen LogP contribution in [0.1, 0.15) is 24.3 Å². The van der Waals surface area contributed by atoms with Crippen LogP contribution in [-0.2, 0) is 4.74 Å². The number of benzene rings is 1. The number of likely N-dealkylation sites (N-methyl/N-ethyl adjacent to an activating group) is 1. The quantitative estimate of drug-likeness (QED) is 0.774. The Morgan fingerprint density at radius 2 is 2.06 bits per heavy atom. The van der Waals surface area contributed by atoms with E-state index in [2.05, 4.69) is 42.3 Å². The van der Waals surface area contributed by atoms with Crippen LogP contribution < -0.4 is 0 Å². The summed E-state index contributed by atoms with van der Waals surface area (Å²) in [4.78, 5) is 2.42. The van der Waals surface area contributed by atoms with Crippen LogP contribution in [0.3, 0.4) is 0 Å². The Kier molecular flexibility index (Phi) is 3.97. The molecule has 2 rings (SSSR count). The van der Waals surface area contributed by atoms with E-state index in [1.807, 2.05) is 0 Å². The molecular formula is C14H21NO. The van der Waals surface area contributed by atoms with Gasteiger partial charge in [-0.2, -0.15) is 0 Å². The molecule has 2 unspecified atom stereocenters. The van der Waals surface area contributed by atoms with E-state index in [-0.39, 0.29) is 0 Å². The van der Waals surface area contributed by atoms with Crippen LogP contribution in [0.4, 0.5) is 0 Å². The van der Waals surface area contributed by atoms with Crippen molar-refractivity contribution in [2.45, 2.75) is 24.8 Å². The maximum Gasteiger partial charge on any atom is 0.0618 e. The first-order valence-electron chi connectivity index (χ1n) is 6.05. The third-order valence-corrected chi connectivity index (χ3v) is 3.64. The topological polar surface area (TPSA) is 12.5 Å². The minimum atomic E-state index is 0.573. The smallest absolute Gasteiger partial charge is 0.0618 e. The second-order valence-electron chi connectivity index (χ2n) is 4.72. The molecule has 2 nitrogen and oxygen atoms in total. The van der Waals surface area contributed by atoms with Crippen LogP contribution >= 0.6 is 0 Å². The molecular weight excluding hydrogens is 198 g/mol. The highest BCUT2D eigenvalue weighted by molar-refractivity contribution is 5.20. The lowest BCUT2D eigenvalue weighted by atomic mass is 9.86. The summed E-state index contributed by atoms with van der Waals surface area (Å²) < 4.78 is 5.29. The Morgan fingerprint density at radius 1 is 1.31 bits per heavy atom. The van der Waals surface area contributed by atoms with Crippen molar-refractivity contribution < 1.29 is 4.74 Å². The van der Waals surface area contributed by atoms with Gasteiger partial charge in [-0.1, -0.05) is 30.3 Å². The van der Waals surface area contributed by atoms with Crippen LogP contribution in [0.2, 0.25) is 0 Å². The monoisotopic (exact) mass is 219 g/mol. The maximum atomic E-state index is 5.29. The van der Waals surface area contributed by atoms with Crippen molar-refractivity contribution in [1.82, 2.24) is 4.90 Å². The lowest BCUT2D eigenvalue weighted by Gasteiger charge is -2.37. The summed E-state index contributed by atoms with van der Waals surface area (Å²) in [5, 5.41) is 0. The molecule has 1 saturated heterocycles. The fraction of sp³-hybridized carbons (Fsp3) is 0.571. The predicted molar refractivity (Wildman–Crippen MR) is 66.7 cm³/mol. The number of nitrogens with zero attached hydrogens (tertiary/aromatic N) is 1. The van der Waals surface area contributed by atoms with Crippen molar-refractivity contribution in [2.75, 3.05) is 27.3 Å². The summed E-state index contributed by atoms with van der Waals surface area (Å²) in [7, 11) is 3.99. The van der Waals surface area contributed by atoms with E-state index in [9.17, 15) is 0 Å². The molecule has 0 N–H and O–H groups in total. The van der Waals surface area contributed by atoms with Crippen LogP contribution in [0.5, 0.6) is 0 Å². The maximum absolute atomic E-state index is 5.29. The third-order valence-electron chi connectivity index (χ3n) is 3.64. The zero-order valence-corrected chi connectivity index (χ0v) is 10.2. The summed E-state index contributed by atoms with van der Waals surface area (Å²) >= 11 is 0. The van der Waals surface area contributed by atoms with Gasteiger partial charge in [0.25, 0.3) is 0 Å². The molecule has 88 valence electrons. The largest absolute Gasteiger partial charge is 0.383 e. The average molecular weight is 219 g/mol. The highest BCUT2D eigenvalue weighted by atomic mass is 16.5. The van der Waals surface area contributed by atoms with Crippen molar-refractivity contribution in [3.8, 4) is 0 Å². The van der Waals surface area contributed by atoms with E-state index in [0.717, 1.165) is 6.61 Å². The molecule has 16 heavy (non-hydrogen) atoms. The molecule has 0 aromatic heterocycles. The molecule has 2 heteroatoms. The van der Waals surface area contributed by atoms with Gasteiger partial charge in [-0.25, -0.2) is 0 Å². The van der Waals surface area contributed by atoms with Crippen LogP contribution in [0.25, 0.3) is 0 Å². The lowest BCUT2D eigenvalue weighted by Crippen LogP contribution is -2.41. The normalized spacial score (nSPS) is 26.9. The first-order valence-corrected chi connectivity index (χ1v) is 6.05. The Morgan fingerprint density at radius 3 is 2.75 bits per heavy atom. The first kappa shape index (κ1) is 11.6. The first-order chi connectivity index (χ1) is 7.81. The molecule has 1 aliphatic heterocycles. The molecule has 1 fully saturated rings. The summed E-state index contributed by atoms with van der Waals surface area (Å²) in [5.74, 6) is 0.706. The van der Waals surface area contributed by atoms with Gasteiger partial charge in [0.1, 0.15) is 0 Å². The van der Waals surface area contributed by atoms with Gasteiger partial charge in [0, 0.05) is 13.2 Å². The van der Waals surface area contributed by atoms with Gasteiger partial charge >= 0.3 is 0 Å². The zero-order valence-electron chi connectivity index (χ0n) is 10.2. The second-order valence-corrected chi connectivity index (χ2v) is 4.72. The van der Waals surface area contributed by atoms with Crippen molar-refractivity contribution in [3.05, 3.63) is 35.9 Å². The van der Waals surface area contributed by atoms with Crippen LogP contribution in [-0.4, -0.2) is 38.3 Å². The van der Waals surface area contributed by atoms with Crippen molar-refractivity contribution in [1.29, 1.82) is 0 Å². The summed E-state index contributed by atoms with van der Waals surface area (Å²) in [6.07, 6.45) is 2.48. The predicted octanol–water partition coefficient (Wildman–Crippen LogP) is 2.51. The van der Waals surface area contributed by atoms with E-state index in [1.165, 1.54) is 24.9 Å². The molecule has 1 aliphatic rings. The van der Waals surface area contributed by atoms with Gasteiger partial charge in [-0.3, -0.25) is 0 Å². The molecule has 0 saturated carbocycles.